The van der Waals surface area contributed by atoms with E-state index in [1.54, 1.807) is 0 Å². The van der Waals surface area contributed by atoms with Crippen LogP contribution in [-0.2, 0) is 27.4 Å². The quantitative estimate of drug-likeness (QED) is 0.813. The van der Waals surface area contributed by atoms with Crippen molar-refractivity contribution in [3.63, 3.8) is 0 Å². The second kappa shape index (κ2) is 6.97. The number of fused-ring (bicyclic) bond motifs is 1. The van der Waals surface area contributed by atoms with Gasteiger partial charge in [0.1, 0.15) is 11.9 Å². The fourth-order valence-electron chi connectivity index (χ4n) is 3.21. The molecule has 128 valence electrons. The van der Waals surface area contributed by atoms with E-state index in [1.807, 2.05) is 25.7 Å². The molecule has 1 fully saturated rings. The van der Waals surface area contributed by atoms with Crippen molar-refractivity contribution < 1.29 is 14.3 Å². The molecule has 1 aromatic rings. The Hall–Kier alpha value is -1.47. The molecule has 23 heavy (non-hydrogen) atoms. The van der Waals surface area contributed by atoms with Crippen LogP contribution in [0.3, 0.4) is 0 Å². The second-order valence-corrected chi connectivity index (χ2v) is 6.71. The molecule has 1 amide bonds. The van der Waals surface area contributed by atoms with Crippen molar-refractivity contribution in [2.75, 3.05) is 19.8 Å². The number of carbonyl (C=O) groups is 1. The summed E-state index contributed by atoms with van der Waals surface area (Å²) in [7, 11) is 0. The van der Waals surface area contributed by atoms with Crippen LogP contribution >= 0.6 is 0 Å². The lowest BCUT2D eigenvalue weighted by Gasteiger charge is -2.32. The van der Waals surface area contributed by atoms with Gasteiger partial charge < -0.3 is 18.9 Å². The van der Waals surface area contributed by atoms with Crippen LogP contribution < -0.4 is 0 Å². The van der Waals surface area contributed by atoms with E-state index < -0.39 is 6.10 Å². The summed E-state index contributed by atoms with van der Waals surface area (Å²) in [5.74, 6) is 1.93. The smallest absolute Gasteiger partial charge is 0.252 e. The van der Waals surface area contributed by atoms with E-state index in [0.717, 1.165) is 37.6 Å². The molecule has 0 unspecified atom stereocenters. The molecular weight excluding hydrogens is 296 g/mol. The van der Waals surface area contributed by atoms with Gasteiger partial charge in [0.2, 0.25) is 0 Å². The van der Waals surface area contributed by atoms with Crippen LogP contribution in [0.25, 0.3) is 0 Å². The first-order chi connectivity index (χ1) is 11.1. The molecular formula is C16H26N4O3. The molecule has 3 rings (SSSR count). The maximum absolute atomic E-state index is 12.9. The van der Waals surface area contributed by atoms with Crippen molar-refractivity contribution in [1.29, 1.82) is 0 Å². The summed E-state index contributed by atoms with van der Waals surface area (Å²) in [6.07, 6.45) is 1.81. The number of aromatic nitrogens is 3. The van der Waals surface area contributed by atoms with Crippen LogP contribution in [0.5, 0.6) is 0 Å². The van der Waals surface area contributed by atoms with E-state index in [2.05, 4.69) is 14.8 Å². The minimum atomic E-state index is -0.422. The Bertz CT molecular complexity index is 552. The lowest BCUT2D eigenvalue weighted by atomic mass is 10.1. The van der Waals surface area contributed by atoms with Gasteiger partial charge in [0.15, 0.2) is 5.82 Å². The lowest BCUT2D eigenvalue weighted by Crippen LogP contribution is -2.47. The molecule has 0 N–H and O–H groups in total. The van der Waals surface area contributed by atoms with E-state index in [0.29, 0.717) is 19.7 Å². The van der Waals surface area contributed by atoms with Gasteiger partial charge in [-0.3, -0.25) is 4.79 Å². The van der Waals surface area contributed by atoms with E-state index in [-0.39, 0.29) is 17.9 Å². The Balaban J connectivity index is 1.61. The number of amides is 1. The van der Waals surface area contributed by atoms with Crippen molar-refractivity contribution >= 4 is 5.91 Å². The standard InChI is InChI=1S/C16H26N4O3/c1-11(2)15(23-10-13-5-4-8-22-13)16(21)19-6-7-20-12(3)17-18-14(20)9-19/h11,13,15H,4-10H2,1-3H3/t13-,15+/m0/s1. The largest absolute Gasteiger partial charge is 0.376 e. The number of aryl methyl sites for hydroxylation is 1. The van der Waals surface area contributed by atoms with Gasteiger partial charge in [-0.1, -0.05) is 13.8 Å². The third-order valence-corrected chi connectivity index (χ3v) is 4.58. The maximum atomic E-state index is 12.9. The predicted octanol–water partition coefficient (Wildman–Crippen LogP) is 1.15. The number of hydrogen-bond donors (Lipinski definition) is 0. The van der Waals surface area contributed by atoms with Crippen LogP contribution in [0, 0.1) is 12.8 Å². The summed E-state index contributed by atoms with van der Waals surface area (Å²) in [5.41, 5.74) is 0. The minimum Gasteiger partial charge on any atom is -0.376 e. The topological polar surface area (TPSA) is 69.5 Å². The highest BCUT2D eigenvalue weighted by molar-refractivity contribution is 5.81. The van der Waals surface area contributed by atoms with Crippen molar-refractivity contribution in [1.82, 2.24) is 19.7 Å². The molecule has 0 aliphatic carbocycles. The number of rotatable bonds is 5. The molecule has 0 bridgehead atoms. The van der Waals surface area contributed by atoms with Gasteiger partial charge in [-0.15, -0.1) is 10.2 Å². The van der Waals surface area contributed by atoms with Crippen molar-refractivity contribution in [2.45, 2.75) is 58.9 Å². The maximum Gasteiger partial charge on any atom is 0.252 e. The summed E-state index contributed by atoms with van der Waals surface area (Å²) in [4.78, 5) is 14.7. The van der Waals surface area contributed by atoms with Gasteiger partial charge in [0.05, 0.1) is 19.3 Å². The molecule has 2 aliphatic heterocycles. The first-order valence-electron chi connectivity index (χ1n) is 8.47. The number of nitrogens with zero attached hydrogens (tertiary/aromatic N) is 4. The van der Waals surface area contributed by atoms with E-state index in [9.17, 15) is 4.79 Å². The number of ether oxygens (including phenoxy) is 2. The summed E-state index contributed by atoms with van der Waals surface area (Å²) in [6, 6.07) is 0. The first kappa shape index (κ1) is 16.4. The zero-order chi connectivity index (χ0) is 16.4. The van der Waals surface area contributed by atoms with Gasteiger partial charge in [-0.05, 0) is 25.7 Å². The molecule has 0 spiro atoms. The summed E-state index contributed by atoms with van der Waals surface area (Å²) < 4.78 is 13.6. The average Bonchev–Trinajstić information content (AvgIpc) is 3.17. The molecule has 2 aliphatic rings. The Labute approximate surface area is 137 Å². The molecule has 2 atom stereocenters. The van der Waals surface area contributed by atoms with Gasteiger partial charge in [-0.2, -0.15) is 0 Å². The van der Waals surface area contributed by atoms with Crippen LogP contribution in [-0.4, -0.2) is 57.5 Å². The Kier molecular flexibility index (Phi) is 4.96. The minimum absolute atomic E-state index is 0.0462. The van der Waals surface area contributed by atoms with Crippen LogP contribution in [0.1, 0.15) is 38.3 Å². The fourth-order valence-corrected chi connectivity index (χ4v) is 3.21. The van der Waals surface area contributed by atoms with Gasteiger partial charge >= 0.3 is 0 Å². The van der Waals surface area contributed by atoms with Gasteiger partial charge in [0, 0.05) is 19.7 Å². The van der Waals surface area contributed by atoms with E-state index >= 15 is 0 Å². The highest BCUT2D eigenvalue weighted by Crippen LogP contribution is 2.19. The third-order valence-electron chi connectivity index (χ3n) is 4.58. The highest BCUT2D eigenvalue weighted by Gasteiger charge is 2.32. The highest BCUT2D eigenvalue weighted by atomic mass is 16.5. The molecule has 3 heterocycles. The molecule has 7 nitrogen and oxygen atoms in total. The predicted molar refractivity (Wildman–Crippen MR) is 83.7 cm³/mol. The van der Waals surface area contributed by atoms with Crippen molar-refractivity contribution in [3.05, 3.63) is 11.6 Å². The molecule has 1 aromatic heterocycles. The van der Waals surface area contributed by atoms with E-state index in [1.165, 1.54) is 0 Å². The van der Waals surface area contributed by atoms with Gasteiger partial charge in [-0.25, -0.2) is 0 Å². The number of hydrogen-bond acceptors (Lipinski definition) is 5. The summed E-state index contributed by atoms with van der Waals surface area (Å²) >= 11 is 0. The molecule has 7 heteroatoms. The zero-order valence-corrected chi connectivity index (χ0v) is 14.2. The van der Waals surface area contributed by atoms with Crippen molar-refractivity contribution in [3.8, 4) is 0 Å². The first-order valence-corrected chi connectivity index (χ1v) is 8.47. The van der Waals surface area contributed by atoms with Crippen LogP contribution in [0.4, 0.5) is 0 Å². The average molecular weight is 322 g/mol. The lowest BCUT2D eigenvalue weighted by molar-refractivity contribution is -0.150. The van der Waals surface area contributed by atoms with E-state index in [4.69, 9.17) is 9.47 Å². The molecule has 0 aromatic carbocycles. The second-order valence-electron chi connectivity index (χ2n) is 6.71. The van der Waals surface area contributed by atoms with Crippen molar-refractivity contribution in [2.24, 2.45) is 5.92 Å². The monoisotopic (exact) mass is 322 g/mol. The normalized spacial score (nSPS) is 22.4. The SMILES string of the molecule is Cc1nnc2n1CCN(C(=O)[C@H](OC[C@@H]1CCCO1)C(C)C)C2. The Morgan fingerprint density at radius 1 is 1.39 bits per heavy atom. The van der Waals surface area contributed by atoms with Crippen LogP contribution in [0.2, 0.25) is 0 Å². The van der Waals surface area contributed by atoms with Gasteiger partial charge in [0.25, 0.3) is 5.91 Å². The fraction of sp³-hybridized carbons (Fsp3) is 0.812. The molecule has 1 saturated heterocycles. The Morgan fingerprint density at radius 2 is 2.22 bits per heavy atom. The number of carbonyl (C=O) groups excluding carboxylic acids is 1. The zero-order valence-electron chi connectivity index (χ0n) is 14.2. The summed E-state index contributed by atoms with van der Waals surface area (Å²) in [5, 5.41) is 8.25. The molecule has 0 saturated carbocycles. The third kappa shape index (κ3) is 3.55. The van der Waals surface area contributed by atoms with Crippen LogP contribution in [0.15, 0.2) is 0 Å². The Morgan fingerprint density at radius 3 is 2.91 bits per heavy atom. The molecule has 0 radical (unpaired) electrons. The summed E-state index contributed by atoms with van der Waals surface area (Å²) in [6.45, 7) is 9.21.